The third kappa shape index (κ3) is 5.13. The number of hydrogen-bond donors (Lipinski definition) is 2. The lowest BCUT2D eigenvalue weighted by atomic mass is 10.0. The Morgan fingerprint density at radius 3 is 2.74 bits per heavy atom. The van der Waals surface area contributed by atoms with E-state index in [1.54, 1.807) is 0 Å². The Balaban J connectivity index is 1.83. The molecule has 23 heavy (non-hydrogen) atoms. The second kappa shape index (κ2) is 7.81. The van der Waals surface area contributed by atoms with Crippen LogP contribution in [0, 0.1) is 13.8 Å². The van der Waals surface area contributed by atoms with E-state index in [0.29, 0.717) is 18.4 Å². The number of guanidine groups is 1. The summed E-state index contributed by atoms with van der Waals surface area (Å²) >= 11 is 0. The van der Waals surface area contributed by atoms with Crippen LogP contribution in [-0.4, -0.2) is 22.3 Å². The lowest BCUT2D eigenvalue weighted by molar-refractivity contribution is 0.568. The topological polar surface area (TPSA) is 68.2 Å². The molecule has 5 heteroatoms. The molecule has 5 nitrogen and oxygen atoms in total. The van der Waals surface area contributed by atoms with Gasteiger partial charge in [0.2, 0.25) is 0 Å². The molecule has 0 bridgehead atoms. The zero-order valence-corrected chi connectivity index (χ0v) is 14.5. The maximum absolute atomic E-state index is 5.96. The van der Waals surface area contributed by atoms with E-state index >= 15 is 0 Å². The summed E-state index contributed by atoms with van der Waals surface area (Å²) in [5, 5.41) is 7.60. The summed E-state index contributed by atoms with van der Waals surface area (Å²) in [5.41, 5.74) is 10.5. The highest BCUT2D eigenvalue weighted by Gasteiger charge is 2.02. The second-order valence-corrected chi connectivity index (χ2v) is 6.18. The molecule has 0 aliphatic carbocycles. The molecular formula is C18H27N5. The summed E-state index contributed by atoms with van der Waals surface area (Å²) in [6, 6.07) is 10.4. The summed E-state index contributed by atoms with van der Waals surface area (Å²) in [5.74, 6) is 0.954. The number of anilines is 1. The first-order valence-electron chi connectivity index (χ1n) is 8.13. The Hall–Kier alpha value is -2.30. The van der Waals surface area contributed by atoms with E-state index in [-0.39, 0.29) is 0 Å². The molecule has 1 heterocycles. The van der Waals surface area contributed by atoms with Crippen molar-refractivity contribution in [1.29, 1.82) is 0 Å². The van der Waals surface area contributed by atoms with Crippen molar-refractivity contribution in [2.24, 2.45) is 10.7 Å². The molecule has 0 saturated carbocycles. The molecule has 2 rings (SSSR count). The molecule has 0 radical (unpaired) electrons. The number of nitrogens with one attached hydrogen (secondary N) is 1. The number of aryl methyl sites for hydroxylation is 3. The van der Waals surface area contributed by atoms with Gasteiger partial charge >= 0.3 is 0 Å². The van der Waals surface area contributed by atoms with Crippen LogP contribution >= 0.6 is 0 Å². The number of nitrogens with two attached hydrogens (primary N) is 1. The molecule has 124 valence electrons. The first-order chi connectivity index (χ1) is 11.0. The van der Waals surface area contributed by atoms with Gasteiger partial charge in [-0.3, -0.25) is 9.67 Å². The molecule has 3 N–H and O–H groups in total. The average Bonchev–Trinajstić information content (AvgIpc) is 2.82. The Bertz CT molecular complexity index is 670. The van der Waals surface area contributed by atoms with E-state index in [2.05, 4.69) is 54.4 Å². The minimum absolute atomic E-state index is 0.458. The van der Waals surface area contributed by atoms with Gasteiger partial charge < -0.3 is 11.1 Å². The smallest absolute Gasteiger partial charge is 0.193 e. The van der Waals surface area contributed by atoms with Gasteiger partial charge in [-0.2, -0.15) is 5.10 Å². The Labute approximate surface area is 138 Å². The zero-order chi connectivity index (χ0) is 16.8. The molecule has 2 aromatic rings. The van der Waals surface area contributed by atoms with Crippen molar-refractivity contribution in [3.05, 3.63) is 47.3 Å². The highest BCUT2D eigenvalue weighted by molar-refractivity contribution is 5.92. The average molecular weight is 313 g/mol. The van der Waals surface area contributed by atoms with Gasteiger partial charge in [-0.05, 0) is 49.9 Å². The molecular weight excluding hydrogens is 286 g/mol. The summed E-state index contributed by atoms with van der Waals surface area (Å²) in [7, 11) is 0. The molecule has 0 aliphatic heterocycles. The molecule has 0 atom stereocenters. The summed E-state index contributed by atoms with van der Waals surface area (Å²) < 4.78 is 2.01. The first kappa shape index (κ1) is 17.1. The SMILES string of the molecule is Cc1cc(C)n(CCCN=C(N)Nc2cccc(C(C)C)c2)n1. The lowest BCUT2D eigenvalue weighted by Crippen LogP contribution is -2.23. The molecule has 1 aromatic heterocycles. The van der Waals surface area contributed by atoms with E-state index < -0.39 is 0 Å². The maximum atomic E-state index is 5.96. The minimum atomic E-state index is 0.458. The van der Waals surface area contributed by atoms with Crippen LogP contribution in [0.5, 0.6) is 0 Å². The fourth-order valence-electron chi connectivity index (χ4n) is 2.48. The number of rotatable bonds is 6. The standard InChI is InChI=1S/C18H27N5/c1-13(2)16-7-5-8-17(12-16)21-18(19)20-9-6-10-23-15(4)11-14(3)22-23/h5,7-8,11-13H,6,9-10H2,1-4H3,(H3,19,20,21). The normalized spacial score (nSPS) is 12.0. The largest absolute Gasteiger partial charge is 0.370 e. The predicted octanol–water partition coefficient (Wildman–Crippen LogP) is 3.44. The van der Waals surface area contributed by atoms with Gasteiger partial charge in [0, 0.05) is 24.5 Å². The predicted molar refractivity (Wildman–Crippen MR) is 97.0 cm³/mol. The fraction of sp³-hybridized carbons (Fsp3) is 0.444. The van der Waals surface area contributed by atoms with E-state index in [0.717, 1.165) is 24.3 Å². The monoisotopic (exact) mass is 313 g/mol. The quantitative estimate of drug-likeness (QED) is 0.487. The van der Waals surface area contributed by atoms with E-state index in [1.807, 2.05) is 23.7 Å². The third-order valence-electron chi connectivity index (χ3n) is 3.74. The Morgan fingerprint density at radius 2 is 2.09 bits per heavy atom. The number of benzene rings is 1. The van der Waals surface area contributed by atoms with Crippen LogP contribution in [-0.2, 0) is 6.54 Å². The van der Waals surface area contributed by atoms with Crippen molar-refractivity contribution in [3.63, 3.8) is 0 Å². The van der Waals surface area contributed by atoms with Crippen molar-refractivity contribution in [2.75, 3.05) is 11.9 Å². The Morgan fingerprint density at radius 1 is 1.30 bits per heavy atom. The molecule has 0 saturated heterocycles. The van der Waals surface area contributed by atoms with Crippen LogP contribution in [0.25, 0.3) is 0 Å². The van der Waals surface area contributed by atoms with Gasteiger partial charge in [0.15, 0.2) is 5.96 Å². The van der Waals surface area contributed by atoms with Crippen molar-refractivity contribution < 1.29 is 0 Å². The van der Waals surface area contributed by atoms with Crippen LogP contribution in [0.3, 0.4) is 0 Å². The second-order valence-electron chi connectivity index (χ2n) is 6.18. The minimum Gasteiger partial charge on any atom is -0.370 e. The molecule has 0 fully saturated rings. The molecule has 0 unspecified atom stereocenters. The number of nitrogens with zero attached hydrogens (tertiary/aromatic N) is 3. The number of aliphatic imine (C=N–C) groups is 1. The third-order valence-corrected chi connectivity index (χ3v) is 3.74. The van der Waals surface area contributed by atoms with E-state index in [9.17, 15) is 0 Å². The highest BCUT2D eigenvalue weighted by atomic mass is 15.3. The van der Waals surface area contributed by atoms with E-state index in [1.165, 1.54) is 11.3 Å². The summed E-state index contributed by atoms with van der Waals surface area (Å²) in [6.45, 7) is 9.97. The van der Waals surface area contributed by atoms with Gasteiger partial charge in [0.25, 0.3) is 0 Å². The zero-order valence-electron chi connectivity index (χ0n) is 14.5. The van der Waals surface area contributed by atoms with Gasteiger partial charge in [0.1, 0.15) is 0 Å². The van der Waals surface area contributed by atoms with Crippen LogP contribution in [0.15, 0.2) is 35.3 Å². The molecule has 0 aliphatic rings. The first-order valence-corrected chi connectivity index (χ1v) is 8.13. The van der Waals surface area contributed by atoms with Crippen molar-refractivity contribution >= 4 is 11.6 Å². The van der Waals surface area contributed by atoms with E-state index in [4.69, 9.17) is 5.73 Å². The maximum Gasteiger partial charge on any atom is 0.193 e. The summed E-state index contributed by atoms with van der Waals surface area (Å²) in [4.78, 5) is 4.39. The van der Waals surface area contributed by atoms with Crippen molar-refractivity contribution in [1.82, 2.24) is 9.78 Å². The van der Waals surface area contributed by atoms with Crippen molar-refractivity contribution in [2.45, 2.75) is 46.6 Å². The van der Waals surface area contributed by atoms with Crippen LogP contribution in [0.2, 0.25) is 0 Å². The molecule has 1 aromatic carbocycles. The van der Waals surface area contributed by atoms with Gasteiger partial charge in [-0.1, -0.05) is 26.0 Å². The van der Waals surface area contributed by atoms with Gasteiger partial charge in [0.05, 0.1) is 5.69 Å². The fourth-order valence-corrected chi connectivity index (χ4v) is 2.48. The van der Waals surface area contributed by atoms with Gasteiger partial charge in [-0.15, -0.1) is 0 Å². The van der Waals surface area contributed by atoms with Crippen LogP contribution < -0.4 is 11.1 Å². The van der Waals surface area contributed by atoms with Crippen LogP contribution in [0.4, 0.5) is 5.69 Å². The summed E-state index contributed by atoms with van der Waals surface area (Å²) in [6.07, 6.45) is 0.913. The number of aromatic nitrogens is 2. The van der Waals surface area contributed by atoms with Crippen LogP contribution in [0.1, 0.15) is 43.1 Å². The molecule has 0 amide bonds. The highest BCUT2D eigenvalue weighted by Crippen LogP contribution is 2.18. The molecule has 0 spiro atoms. The van der Waals surface area contributed by atoms with Crippen molar-refractivity contribution in [3.8, 4) is 0 Å². The lowest BCUT2D eigenvalue weighted by Gasteiger charge is -2.10. The Kier molecular flexibility index (Phi) is 5.79. The number of hydrogen-bond acceptors (Lipinski definition) is 2. The van der Waals surface area contributed by atoms with Gasteiger partial charge in [-0.25, -0.2) is 0 Å².